The molecule has 1 aromatic heterocycles. The maximum Gasteiger partial charge on any atom is 0.143 e. The molecule has 3 nitrogen and oxygen atoms in total. The van der Waals surface area contributed by atoms with Gasteiger partial charge in [0.2, 0.25) is 0 Å². The van der Waals surface area contributed by atoms with E-state index in [2.05, 4.69) is 10.4 Å². The predicted octanol–water partition coefficient (Wildman–Crippen LogP) is 2.53. The van der Waals surface area contributed by atoms with Crippen LogP contribution in [-0.2, 0) is 6.42 Å². The number of aryl methyl sites for hydroxylation is 2. The van der Waals surface area contributed by atoms with Gasteiger partial charge in [-0.15, -0.1) is 0 Å². The fourth-order valence-electron chi connectivity index (χ4n) is 1.86. The number of aromatic nitrogens is 1. The fraction of sp³-hybridized carbons (Fsp3) is 0.250. The molecule has 4 heteroatoms. The molecule has 1 aromatic carbocycles. The highest BCUT2D eigenvalue weighted by Crippen LogP contribution is 2.23. The van der Waals surface area contributed by atoms with Crippen molar-refractivity contribution in [2.45, 2.75) is 20.3 Å². The number of nitrogens with one attached hydrogen (secondary N) is 1. The third-order valence-electron chi connectivity index (χ3n) is 2.67. The van der Waals surface area contributed by atoms with E-state index in [4.69, 9.17) is 5.84 Å². The Morgan fingerprint density at radius 3 is 2.75 bits per heavy atom. The Balaban J connectivity index is 2.78. The first-order valence-electron chi connectivity index (χ1n) is 5.22. The summed E-state index contributed by atoms with van der Waals surface area (Å²) in [7, 11) is 0. The molecular formula is C12H14FN3. The molecule has 3 N–H and O–H groups in total. The Morgan fingerprint density at radius 2 is 2.12 bits per heavy atom. The second-order valence-corrected chi connectivity index (χ2v) is 3.79. The van der Waals surface area contributed by atoms with Gasteiger partial charge in [0.25, 0.3) is 0 Å². The van der Waals surface area contributed by atoms with E-state index in [1.165, 1.54) is 12.1 Å². The van der Waals surface area contributed by atoms with Gasteiger partial charge in [-0.1, -0.05) is 6.92 Å². The molecule has 16 heavy (non-hydrogen) atoms. The van der Waals surface area contributed by atoms with Gasteiger partial charge < -0.3 is 5.43 Å². The number of hydrazine groups is 1. The topological polar surface area (TPSA) is 50.9 Å². The highest BCUT2D eigenvalue weighted by Gasteiger charge is 2.07. The quantitative estimate of drug-likeness (QED) is 0.602. The number of rotatable bonds is 2. The summed E-state index contributed by atoms with van der Waals surface area (Å²) >= 11 is 0. The molecule has 0 aliphatic rings. The van der Waals surface area contributed by atoms with E-state index >= 15 is 0 Å². The van der Waals surface area contributed by atoms with Gasteiger partial charge in [0.15, 0.2) is 0 Å². The van der Waals surface area contributed by atoms with Crippen LogP contribution in [-0.4, -0.2) is 4.98 Å². The Bertz CT molecular complexity index is 537. The summed E-state index contributed by atoms with van der Waals surface area (Å²) in [6.07, 6.45) is 0.804. The summed E-state index contributed by atoms with van der Waals surface area (Å²) in [6.45, 7) is 3.85. The molecule has 0 atom stereocenters. The van der Waals surface area contributed by atoms with Gasteiger partial charge in [-0.25, -0.2) is 15.2 Å². The molecule has 0 aliphatic heterocycles. The van der Waals surface area contributed by atoms with Crippen LogP contribution in [0.3, 0.4) is 0 Å². The number of nitrogen functional groups attached to an aromatic ring is 1. The van der Waals surface area contributed by atoms with Gasteiger partial charge in [-0.2, -0.15) is 0 Å². The average molecular weight is 219 g/mol. The van der Waals surface area contributed by atoms with Gasteiger partial charge in [0.05, 0.1) is 5.52 Å². The fourth-order valence-corrected chi connectivity index (χ4v) is 1.86. The van der Waals surface area contributed by atoms with Crippen LogP contribution in [0.4, 0.5) is 10.2 Å². The highest BCUT2D eigenvalue weighted by atomic mass is 19.1. The van der Waals surface area contributed by atoms with Crippen molar-refractivity contribution < 1.29 is 4.39 Å². The van der Waals surface area contributed by atoms with E-state index in [1.807, 2.05) is 19.9 Å². The number of benzene rings is 1. The van der Waals surface area contributed by atoms with Gasteiger partial charge in [0.1, 0.15) is 11.6 Å². The van der Waals surface area contributed by atoms with E-state index in [9.17, 15) is 4.39 Å². The first-order chi connectivity index (χ1) is 7.65. The van der Waals surface area contributed by atoms with Crippen molar-refractivity contribution in [3.8, 4) is 0 Å². The first-order valence-corrected chi connectivity index (χ1v) is 5.22. The summed E-state index contributed by atoms with van der Waals surface area (Å²) in [6, 6.07) is 4.89. The zero-order chi connectivity index (χ0) is 11.7. The highest BCUT2D eigenvalue weighted by molar-refractivity contribution is 5.84. The molecule has 0 bridgehead atoms. The zero-order valence-electron chi connectivity index (χ0n) is 9.34. The Morgan fingerprint density at radius 1 is 1.38 bits per heavy atom. The number of hydrogen-bond acceptors (Lipinski definition) is 3. The monoisotopic (exact) mass is 219 g/mol. The summed E-state index contributed by atoms with van der Waals surface area (Å²) in [5, 5.41) is 0.813. The molecule has 0 unspecified atom stereocenters. The molecule has 0 radical (unpaired) electrons. The van der Waals surface area contributed by atoms with Crippen LogP contribution in [0.1, 0.15) is 18.1 Å². The van der Waals surface area contributed by atoms with Crippen LogP contribution in [0.5, 0.6) is 0 Å². The molecule has 2 aromatic rings. The van der Waals surface area contributed by atoms with Gasteiger partial charge in [-0.05, 0) is 42.7 Å². The molecule has 0 amide bonds. The van der Waals surface area contributed by atoms with E-state index in [0.29, 0.717) is 5.82 Å². The number of halogens is 1. The summed E-state index contributed by atoms with van der Waals surface area (Å²) in [5.74, 6) is 5.83. The minimum atomic E-state index is -0.234. The van der Waals surface area contributed by atoms with E-state index < -0.39 is 0 Å². The standard InChI is InChI=1S/C12H14FN3/c1-3-8-5-9-6-10(13)4-7(2)11(9)15-12(8)16-14/h4-6H,3,14H2,1-2H3,(H,15,16). The Labute approximate surface area is 93.5 Å². The zero-order valence-corrected chi connectivity index (χ0v) is 9.34. The van der Waals surface area contributed by atoms with Crippen LogP contribution in [0.2, 0.25) is 0 Å². The summed E-state index contributed by atoms with van der Waals surface area (Å²) in [5.41, 5.74) is 5.16. The van der Waals surface area contributed by atoms with Crippen LogP contribution >= 0.6 is 0 Å². The molecular weight excluding hydrogens is 205 g/mol. The summed E-state index contributed by atoms with van der Waals surface area (Å²) in [4.78, 5) is 4.40. The van der Waals surface area contributed by atoms with Crippen molar-refractivity contribution in [1.82, 2.24) is 4.98 Å². The lowest BCUT2D eigenvalue weighted by Crippen LogP contribution is -2.11. The van der Waals surface area contributed by atoms with Crippen molar-refractivity contribution in [2.24, 2.45) is 5.84 Å². The molecule has 0 saturated carbocycles. The average Bonchev–Trinajstić information content (AvgIpc) is 2.27. The van der Waals surface area contributed by atoms with Crippen LogP contribution in [0.15, 0.2) is 18.2 Å². The third kappa shape index (κ3) is 1.72. The van der Waals surface area contributed by atoms with Crippen molar-refractivity contribution >= 4 is 16.7 Å². The predicted molar refractivity (Wildman–Crippen MR) is 63.6 cm³/mol. The Hall–Kier alpha value is -1.68. The van der Waals surface area contributed by atoms with Gasteiger partial charge in [0, 0.05) is 5.39 Å². The number of anilines is 1. The molecule has 0 saturated heterocycles. The van der Waals surface area contributed by atoms with Crippen LogP contribution in [0.25, 0.3) is 10.9 Å². The van der Waals surface area contributed by atoms with E-state index in [-0.39, 0.29) is 5.82 Å². The number of nitrogens with two attached hydrogens (primary N) is 1. The number of fused-ring (bicyclic) bond motifs is 1. The van der Waals surface area contributed by atoms with Gasteiger partial charge >= 0.3 is 0 Å². The smallest absolute Gasteiger partial charge is 0.143 e. The van der Waals surface area contributed by atoms with E-state index in [1.54, 1.807) is 0 Å². The molecule has 1 heterocycles. The Kier molecular flexibility index (Phi) is 2.75. The van der Waals surface area contributed by atoms with Crippen molar-refractivity contribution in [3.05, 3.63) is 35.1 Å². The van der Waals surface area contributed by atoms with Crippen molar-refractivity contribution in [1.29, 1.82) is 0 Å². The second-order valence-electron chi connectivity index (χ2n) is 3.79. The van der Waals surface area contributed by atoms with Crippen LogP contribution in [0, 0.1) is 12.7 Å². The lowest BCUT2D eigenvalue weighted by Gasteiger charge is -2.09. The first kappa shape index (κ1) is 10.8. The second kappa shape index (κ2) is 4.06. The lowest BCUT2D eigenvalue weighted by atomic mass is 10.1. The number of pyridine rings is 1. The van der Waals surface area contributed by atoms with E-state index in [0.717, 1.165) is 28.5 Å². The third-order valence-corrected chi connectivity index (χ3v) is 2.67. The van der Waals surface area contributed by atoms with Gasteiger partial charge in [-0.3, -0.25) is 0 Å². The normalized spacial score (nSPS) is 10.8. The molecule has 0 spiro atoms. The van der Waals surface area contributed by atoms with Crippen molar-refractivity contribution in [3.63, 3.8) is 0 Å². The number of hydrogen-bond donors (Lipinski definition) is 2. The molecule has 0 aliphatic carbocycles. The minimum absolute atomic E-state index is 0.234. The maximum atomic E-state index is 13.2. The molecule has 2 rings (SSSR count). The molecule has 84 valence electrons. The number of nitrogens with zero attached hydrogens (tertiary/aromatic N) is 1. The lowest BCUT2D eigenvalue weighted by molar-refractivity contribution is 0.628. The minimum Gasteiger partial charge on any atom is -0.308 e. The summed E-state index contributed by atoms with van der Waals surface area (Å²) < 4.78 is 13.2. The maximum absolute atomic E-state index is 13.2. The van der Waals surface area contributed by atoms with Crippen LogP contribution < -0.4 is 11.3 Å². The SMILES string of the molecule is CCc1cc2cc(F)cc(C)c2nc1NN. The molecule has 0 fully saturated rings. The van der Waals surface area contributed by atoms with Crippen molar-refractivity contribution in [2.75, 3.05) is 5.43 Å². The largest absolute Gasteiger partial charge is 0.308 e.